The number of nitrogens with two attached hydrogens (primary N) is 1. The molecule has 1 rings (SSSR count). The minimum absolute atomic E-state index is 0.0134. The zero-order valence-corrected chi connectivity index (χ0v) is 9.30. The summed E-state index contributed by atoms with van der Waals surface area (Å²) in [4.78, 5) is 0. The summed E-state index contributed by atoms with van der Waals surface area (Å²) in [6.45, 7) is 6.01. The zero-order valence-electron chi connectivity index (χ0n) is 7.72. The molecule has 0 spiro atoms. The molecule has 0 radical (unpaired) electrons. The van der Waals surface area contributed by atoms with E-state index in [0.717, 1.165) is 23.1 Å². The summed E-state index contributed by atoms with van der Waals surface area (Å²) in [7, 11) is 0. The van der Waals surface area contributed by atoms with Crippen molar-refractivity contribution >= 4 is 15.9 Å². The molecule has 1 heterocycles. The van der Waals surface area contributed by atoms with Gasteiger partial charge in [-0.1, -0.05) is 19.1 Å². The third kappa shape index (κ3) is 2.71. The van der Waals surface area contributed by atoms with Crippen molar-refractivity contribution in [2.75, 3.05) is 0 Å². The lowest BCUT2D eigenvalue weighted by Gasteiger charge is -2.10. The van der Waals surface area contributed by atoms with E-state index in [1.165, 1.54) is 5.57 Å². The van der Waals surface area contributed by atoms with E-state index in [4.69, 9.17) is 10.2 Å². The molecule has 1 aromatic heterocycles. The van der Waals surface area contributed by atoms with Crippen LogP contribution in [0.4, 0.5) is 0 Å². The Morgan fingerprint density at radius 3 is 2.92 bits per heavy atom. The Hall–Kier alpha value is -0.540. The first-order valence-electron chi connectivity index (χ1n) is 4.30. The van der Waals surface area contributed by atoms with Gasteiger partial charge in [0.2, 0.25) is 0 Å². The van der Waals surface area contributed by atoms with Crippen molar-refractivity contribution < 1.29 is 4.42 Å². The second-order valence-corrected chi connectivity index (χ2v) is 3.78. The molecule has 72 valence electrons. The molecular weight excluding hydrogens is 230 g/mol. The smallest absolute Gasteiger partial charge is 0.173 e. The predicted octanol–water partition coefficient (Wildman–Crippen LogP) is 3.40. The lowest BCUT2D eigenvalue weighted by Crippen LogP contribution is -2.10. The van der Waals surface area contributed by atoms with Crippen LogP contribution in [-0.2, 0) is 0 Å². The van der Waals surface area contributed by atoms with Gasteiger partial charge in [-0.3, -0.25) is 0 Å². The Labute approximate surface area is 86.9 Å². The molecule has 13 heavy (non-hydrogen) atoms. The van der Waals surface area contributed by atoms with E-state index in [1.54, 1.807) is 6.26 Å². The summed E-state index contributed by atoms with van der Waals surface area (Å²) in [5.41, 5.74) is 8.14. The fourth-order valence-electron chi connectivity index (χ4n) is 1.14. The normalized spacial score (nSPS) is 12.8. The minimum atomic E-state index is -0.0134. The highest BCUT2D eigenvalue weighted by atomic mass is 79.9. The van der Waals surface area contributed by atoms with E-state index in [1.807, 2.05) is 6.07 Å². The maximum atomic E-state index is 5.97. The van der Waals surface area contributed by atoms with Gasteiger partial charge in [-0.05, 0) is 34.8 Å². The van der Waals surface area contributed by atoms with Crippen LogP contribution >= 0.6 is 15.9 Å². The molecule has 0 aliphatic rings. The molecular formula is C10H14BrNO. The number of furan rings is 1. The van der Waals surface area contributed by atoms with Crippen LogP contribution in [-0.4, -0.2) is 0 Å². The van der Waals surface area contributed by atoms with E-state index in [0.29, 0.717) is 0 Å². The van der Waals surface area contributed by atoms with E-state index in [-0.39, 0.29) is 6.04 Å². The lowest BCUT2D eigenvalue weighted by molar-refractivity contribution is 0.530. The average molecular weight is 244 g/mol. The predicted molar refractivity (Wildman–Crippen MR) is 57.4 cm³/mol. The lowest BCUT2D eigenvalue weighted by atomic mass is 10.0. The molecule has 1 unspecified atom stereocenters. The van der Waals surface area contributed by atoms with Gasteiger partial charge in [-0.25, -0.2) is 0 Å². The number of halogens is 1. The molecule has 2 nitrogen and oxygen atoms in total. The van der Waals surface area contributed by atoms with Crippen molar-refractivity contribution in [3.05, 3.63) is 34.7 Å². The van der Waals surface area contributed by atoms with E-state index < -0.39 is 0 Å². The molecule has 0 saturated heterocycles. The molecule has 0 saturated carbocycles. The third-order valence-electron chi connectivity index (χ3n) is 2.05. The summed E-state index contributed by atoms with van der Waals surface area (Å²) in [5.74, 6) is 0. The van der Waals surface area contributed by atoms with Crippen LogP contribution in [0.15, 0.2) is 33.6 Å². The third-order valence-corrected chi connectivity index (χ3v) is 2.70. The first-order chi connectivity index (χ1) is 6.15. The van der Waals surface area contributed by atoms with Gasteiger partial charge in [0.15, 0.2) is 4.67 Å². The average Bonchev–Trinajstić information content (AvgIpc) is 2.51. The van der Waals surface area contributed by atoms with E-state index >= 15 is 0 Å². The van der Waals surface area contributed by atoms with Crippen LogP contribution < -0.4 is 5.73 Å². The highest BCUT2D eigenvalue weighted by Crippen LogP contribution is 2.27. The minimum Gasteiger partial charge on any atom is -0.457 e. The summed E-state index contributed by atoms with van der Waals surface area (Å²) in [6.07, 6.45) is 3.42. The molecule has 1 aromatic rings. The van der Waals surface area contributed by atoms with Crippen LogP contribution in [0.25, 0.3) is 0 Å². The van der Waals surface area contributed by atoms with Gasteiger partial charge in [0.25, 0.3) is 0 Å². The fraction of sp³-hybridized carbons (Fsp3) is 0.400. The van der Waals surface area contributed by atoms with Gasteiger partial charge in [-0.15, -0.1) is 0 Å². The largest absolute Gasteiger partial charge is 0.457 e. The molecule has 0 aliphatic heterocycles. The first-order valence-corrected chi connectivity index (χ1v) is 5.09. The quantitative estimate of drug-likeness (QED) is 0.824. The Kier molecular flexibility index (Phi) is 3.75. The number of rotatable bonds is 4. The van der Waals surface area contributed by atoms with Crippen LogP contribution in [0.3, 0.4) is 0 Å². The van der Waals surface area contributed by atoms with Gasteiger partial charge >= 0.3 is 0 Å². The Bertz CT molecular complexity index is 293. The second kappa shape index (κ2) is 4.63. The SMILES string of the molecule is C=C(CC)CC(N)c1ccoc1Br. The molecule has 0 fully saturated rings. The van der Waals surface area contributed by atoms with Gasteiger partial charge in [-0.2, -0.15) is 0 Å². The van der Waals surface area contributed by atoms with Crippen molar-refractivity contribution in [1.29, 1.82) is 0 Å². The second-order valence-electron chi connectivity index (χ2n) is 3.06. The van der Waals surface area contributed by atoms with Gasteiger partial charge < -0.3 is 10.2 Å². The highest BCUT2D eigenvalue weighted by Gasteiger charge is 2.12. The molecule has 0 amide bonds. The molecule has 0 aliphatic carbocycles. The summed E-state index contributed by atoms with van der Waals surface area (Å²) in [6, 6.07) is 1.87. The Morgan fingerprint density at radius 1 is 1.77 bits per heavy atom. The fourth-order valence-corrected chi connectivity index (χ4v) is 1.67. The van der Waals surface area contributed by atoms with E-state index in [9.17, 15) is 0 Å². The molecule has 3 heteroatoms. The maximum Gasteiger partial charge on any atom is 0.173 e. The van der Waals surface area contributed by atoms with Crippen LogP contribution in [0.5, 0.6) is 0 Å². The van der Waals surface area contributed by atoms with Crippen molar-refractivity contribution in [1.82, 2.24) is 0 Å². The number of hydrogen-bond donors (Lipinski definition) is 1. The summed E-state index contributed by atoms with van der Waals surface area (Å²) in [5, 5.41) is 0. The molecule has 0 aromatic carbocycles. The number of hydrogen-bond acceptors (Lipinski definition) is 2. The Morgan fingerprint density at radius 2 is 2.46 bits per heavy atom. The van der Waals surface area contributed by atoms with Gasteiger partial charge in [0.1, 0.15) is 0 Å². The zero-order chi connectivity index (χ0) is 9.84. The molecule has 1 atom stereocenters. The van der Waals surface area contributed by atoms with Crippen molar-refractivity contribution in [3.8, 4) is 0 Å². The summed E-state index contributed by atoms with van der Waals surface area (Å²) >= 11 is 3.30. The first kappa shape index (κ1) is 10.5. The monoisotopic (exact) mass is 243 g/mol. The maximum absolute atomic E-state index is 5.97. The van der Waals surface area contributed by atoms with Crippen molar-refractivity contribution in [2.45, 2.75) is 25.8 Å². The van der Waals surface area contributed by atoms with E-state index in [2.05, 4.69) is 29.4 Å². The highest BCUT2D eigenvalue weighted by molar-refractivity contribution is 9.10. The van der Waals surface area contributed by atoms with Gasteiger partial charge in [0, 0.05) is 11.6 Å². The van der Waals surface area contributed by atoms with Crippen molar-refractivity contribution in [3.63, 3.8) is 0 Å². The van der Waals surface area contributed by atoms with Crippen LogP contribution in [0.2, 0.25) is 0 Å². The summed E-state index contributed by atoms with van der Waals surface area (Å²) < 4.78 is 5.83. The molecule has 2 N–H and O–H groups in total. The van der Waals surface area contributed by atoms with Gasteiger partial charge in [0.05, 0.1) is 6.26 Å². The van der Waals surface area contributed by atoms with Crippen LogP contribution in [0.1, 0.15) is 31.4 Å². The van der Waals surface area contributed by atoms with Crippen LogP contribution in [0, 0.1) is 0 Å². The standard InChI is InChI=1S/C10H14BrNO/c1-3-7(2)6-9(12)8-4-5-13-10(8)11/h4-5,9H,2-3,6,12H2,1H3. The molecule has 0 bridgehead atoms. The van der Waals surface area contributed by atoms with Crippen molar-refractivity contribution in [2.24, 2.45) is 5.73 Å². The topological polar surface area (TPSA) is 39.2 Å². The Balaban J connectivity index is 2.63.